The van der Waals surface area contributed by atoms with Crippen LogP contribution in [0.4, 0.5) is 5.69 Å². The number of hydrogen-bond acceptors (Lipinski definition) is 7. The monoisotopic (exact) mass is 400 g/mol. The summed E-state index contributed by atoms with van der Waals surface area (Å²) >= 11 is 1.41. The van der Waals surface area contributed by atoms with Gasteiger partial charge in [0.2, 0.25) is 0 Å². The minimum Gasteiger partial charge on any atom is -0.396 e. The lowest BCUT2D eigenvalue weighted by Crippen LogP contribution is -2.21. The van der Waals surface area contributed by atoms with Gasteiger partial charge in [0.05, 0.1) is 17.6 Å². The lowest BCUT2D eigenvalue weighted by molar-refractivity contribution is 0.102. The highest BCUT2D eigenvalue weighted by atomic mass is 32.1. The summed E-state index contributed by atoms with van der Waals surface area (Å²) in [5.74, 6) is -0.266. The number of thiazole rings is 1. The normalized spacial score (nSPS) is 12.1. The molecule has 0 fully saturated rings. The average Bonchev–Trinajstić information content (AvgIpc) is 3.31. The quantitative estimate of drug-likeness (QED) is 0.507. The van der Waals surface area contributed by atoms with E-state index in [1.807, 2.05) is 19.2 Å². The second-order valence-electron chi connectivity index (χ2n) is 6.53. The molecule has 0 spiro atoms. The van der Waals surface area contributed by atoms with Crippen molar-refractivity contribution in [3.05, 3.63) is 47.5 Å². The minimum atomic E-state index is -0.266. The number of carbonyl (C=O) groups excluding carboxylic acids is 1. The van der Waals surface area contributed by atoms with E-state index in [0.29, 0.717) is 17.8 Å². The van der Waals surface area contributed by atoms with Gasteiger partial charge >= 0.3 is 0 Å². The number of rotatable bonds is 9. The van der Waals surface area contributed by atoms with Gasteiger partial charge in [-0.15, -0.1) is 11.3 Å². The highest BCUT2D eigenvalue weighted by Crippen LogP contribution is 2.24. The van der Waals surface area contributed by atoms with Crippen LogP contribution in [-0.4, -0.2) is 43.4 Å². The second kappa shape index (κ2) is 9.54. The fourth-order valence-corrected chi connectivity index (χ4v) is 3.68. The Kier molecular flexibility index (Phi) is 6.85. The highest BCUT2D eigenvalue weighted by Gasteiger charge is 2.16. The van der Waals surface area contributed by atoms with Crippen molar-refractivity contribution in [1.82, 2.24) is 19.7 Å². The summed E-state index contributed by atoms with van der Waals surface area (Å²) in [6.45, 7) is 0.100. The standard InChI is InChI=1S/C19H24N6O2S/c1-25-17(6-2-5-14(20)7-9-26)15(11-22-25)23-18(27)16-12-28-19(24-16)13-4-3-8-21-10-13/h3-4,8,10-12,14,26H,2,5-7,9,20H2,1H3,(H,23,27)/t14-/m1/s1. The number of carbonyl (C=O) groups is 1. The Morgan fingerprint density at radius 3 is 3.00 bits per heavy atom. The van der Waals surface area contributed by atoms with E-state index in [-0.39, 0.29) is 18.6 Å². The van der Waals surface area contributed by atoms with Crippen molar-refractivity contribution in [2.24, 2.45) is 12.8 Å². The molecule has 3 aromatic rings. The average molecular weight is 401 g/mol. The fourth-order valence-electron chi connectivity index (χ4n) is 2.89. The Bertz CT molecular complexity index is 908. The molecule has 4 N–H and O–H groups in total. The molecule has 148 valence electrons. The summed E-state index contributed by atoms with van der Waals surface area (Å²) < 4.78 is 1.76. The van der Waals surface area contributed by atoms with Gasteiger partial charge in [0.25, 0.3) is 5.91 Å². The van der Waals surface area contributed by atoms with Crippen molar-refractivity contribution in [2.75, 3.05) is 11.9 Å². The SMILES string of the molecule is Cn1ncc(NC(=O)c2csc(-c3cccnc3)n2)c1CCC[C@@H](N)CCO. The third-order valence-electron chi connectivity index (χ3n) is 4.44. The van der Waals surface area contributed by atoms with E-state index in [0.717, 1.165) is 35.5 Å². The Labute approximate surface area is 167 Å². The van der Waals surface area contributed by atoms with Crippen LogP contribution >= 0.6 is 11.3 Å². The number of aliphatic hydroxyl groups is 1. The molecule has 1 amide bonds. The van der Waals surface area contributed by atoms with Crippen LogP contribution in [0.3, 0.4) is 0 Å². The summed E-state index contributed by atoms with van der Waals surface area (Å²) in [6.07, 6.45) is 8.06. The van der Waals surface area contributed by atoms with Crippen LogP contribution in [0.1, 0.15) is 35.4 Å². The number of aromatic nitrogens is 4. The molecule has 0 radical (unpaired) electrons. The third-order valence-corrected chi connectivity index (χ3v) is 5.33. The molecule has 0 aliphatic heterocycles. The van der Waals surface area contributed by atoms with Gasteiger partial charge < -0.3 is 16.2 Å². The summed E-state index contributed by atoms with van der Waals surface area (Å²) in [5, 5.41) is 18.6. The first-order valence-electron chi connectivity index (χ1n) is 9.13. The number of nitrogens with zero attached hydrogens (tertiary/aromatic N) is 4. The number of aliphatic hydroxyl groups excluding tert-OH is 1. The van der Waals surface area contributed by atoms with E-state index < -0.39 is 0 Å². The maximum absolute atomic E-state index is 12.6. The number of nitrogens with one attached hydrogen (secondary N) is 1. The van der Waals surface area contributed by atoms with Crippen molar-refractivity contribution in [3.63, 3.8) is 0 Å². The molecule has 0 unspecified atom stereocenters. The van der Waals surface area contributed by atoms with Crippen LogP contribution in [0, 0.1) is 0 Å². The number of anilines is 1. The Balaban J connectivity index is 1.64. The van der Waals surface area contributed by atoms with Crippen molar-refractivity contribution in [1.29, 1.82) is 0 Å². The summed E-state index contributed by atoms with van der Waals surface area (Å²) in [6, 6.07) is 3.73. The third kappa shape index (κ3) is 5.00. The fraction of sp³-hybridized carbons (Fsp3) is 0.368. The number of amides is 1. The largest absolute Gasteiger partial charge is 0.396 e. The van der Waals surface area contributed by atoms with Crippen LogP contribution in [0.5, 0.6) is 0 Å². The van der Waals surface area contributed by atoms with Crippen molar-refractivity contribution in [3.8, 4) is 10.6 Å². The lowest BCUT2D eigenvalue weighted by Gasteiger charge is -2.11. The molecule has 8 nitrogen and oxygen atoms in total. The summed E-state index contributed by atoms with van der Waals surface area (Å²) in [7, 11) is 1.85. The first-order valence-corrected chi connectivity index (χ1v) is 10.0. The van der Waals surface area contributed by atoms with Gasteiger partial charge in [0.15, 0.2) is 0 Å². The molecule has 28 heavy (non-hydrogen) atoms. The Morgan fingerprint density at radius 2 is 2.25 bits per heavy atom. The molecular formula is C19H24N6O2S. The predicted molar refractivity (Wildman–Crippen MR) is 109 cm³/mol. The highest BCUT2D eigenvalue weighted by molar-refractivity contribution is 7.13. The zero-order valence-electron chi connectivity index (χ0n) is 15.7. The van der Waals surface area contributed by atoms with Crippen LogP contribution in [0.2, 0.25) is 0 Å². The molecule has 0 aliphatic rings. The maximum atomic E-state index is 12.6. The molecule has 0 saturated carbocycles. The van der Waals surface area contributed by atoms with Gasteiger partial charge in [-0.2, -0.15) is 5.10 Å². The van der Waals surface area contributed by atoms with E-state index in [9.17, 15) is 4.79 Å². The molecule has 3 aromatic heterocycles. The van der Waals surface area contributed by atoms with Crippen molar-refractivity contribution < 1.29 is 9.90 Å². The summed E-state index contributed by atoms with van der Waals surface area (Å²) in [5.41, 5.74) is 8.81. The minimum absolute atomic E-state index is 0.0165. The number of nitrogens with two attached hydrogens (primary N) is 1. The van der Waals surface area contributed by atoms with Gasteiger partial charge in [-0.1, -0.05) is 0 Å². The Morgan fingerprint density at radius 1 is 1.39 bits per heavy atom. The van der Waals surface area contributed by atoms with Gasteiger partial charge in [0, 0.05) is 43.0 Å². The maximum Gasteiger partial charge on any atom is 0.275 e. The lowest BCUT2D eigenvalue weighted by atomic mass is 10.1. The second-order valence-corrected chi connectivity index (χ2v) is 7.38. The smallest absolute Gasteiger partial charge is 0.275 e. The van der Waals surface area contributed by atoms with Crippen molar-refractivity contribution >= 4 is 22.9 Å². The van der Waals surface area contributed by atoms with Gasteiger partial charge in [-0.05, 0) is 37.8 Å². The number of hydrogen-bond donors (Lipinski definition) is 3. The van der Waals surface area contributed by atoms with E-state index in [1.165, 1.54) is 11.3 Å². The molecule has 0 bridgehead atoms. The van der Waals surface area contributed by atoms with Gasteiger partial charge in [-0.25, -0.2) is 4.98 Å². The first-order chi connectivity index (χ1) is 13.6. The Hall–Kier alpha value is -2.62. The molecule has 9 heteroatoms. The van der Waals surface area contributed by atoms with Gasteiger partial charge in [-0.3, -0.25) is 14.5 Å². The molecular weight excluding hydrogens is 376 g/mol. The molecule has 1 atom stereocenters. The van der Waals surface area contributed by atoms with Crippen LogP contribution in [0.15, 0.2) is 36.1 Å². The molecule has 3 rings (SSSR count). The van der Waals surface area contributed by atoms with Gasteiger partial charge in [0.1, 0.15) is 10.7 Å². The zero-order chi connectivity index (χ0) is 19.9. The molecule has 0 saturated heterocycles. The number of pyridine rings is 1. The predicted octanol–water partition coefficient (Wildman–Crippen LogP) is 2.22. The topological polar surface area (TPSA) is 119 Å². The van der Waals surface area contributed by atoms with E-state index in [4.69, 9.17) is 10.8 Å². The van der Waals surface area contributed by atoms with Crippen LogP contribution < -0.4 is 11.1 Å². The van der Waals surface area contributed by atoms with Crippen LogP contribution in [-0.2, 0) is 13.5 Å². The summed E-state index contributed by atoms with van der Waals surface area (Å²) in [4.78, 5) is 21.1. The number of aryl methyl sites for hydroxylation is 1. The molecule has 0 aliphatic carbocycles. The zero-order valence-corrected chi connectivity index (χ0v) is 16.5. The van der Waals surface area contributed by atoms with E-state index >= 15 is 0 Å². The molecule has 0 aromatic carbocycles. The van der Waals surface area contributed by atoms with Crippen LogP contribution in [0.25, 0.3) is 10.6 Å². The van der Waals surface area contributed by atoms with E-state index in [2.05, 4.69) is 20.4 Å². The van der Waals surface area contributed by atoms with Crippen molar-refractivity contribution in [2.45, 2.75) is 31.7 Å². The molecule has 3 heterocycles. The van der Waals surface area contributed by atoms with E-state index in [1.54, 1.807) is 28.7 Å². The first kappa shape index (κ1) is 20.1.